The first-order chi connectivity index (χ1) is 9.06. The van der Waals surface area contributed by atoms with Crippen molar-refractivity contribution >= 4 is 33.4 Å². The van der Waals surface area contributed by atoms with E-state index in [9.17, 15) is 9.59 Å². The summed E-state index contributed by atoms with van der Waals surface area (Å²) in [5, 5.41) is 2.78. The molecule has 1 heterocycles. The second-order valence-corrected chi connectivity index (χ2v) is 5.69. The zero-order valence-corrected chi connectivity index (χ0v) is 12.5. The summed E-state index contributed by atoms with van der Waals surface area (Å²) in [6.07, 6.45) is 2.01. The summed E-state index contributed by atoms with van der Waals surface area (Å²) in [5.74, 6) is -0.327. The molecule has 1 aromatic carbocycles. The van der Waals surface area contributed by atoms with Crippen LogP contribution in [-0.4, -0.2) is 29.8 Å². The summed E-state index contributed by atoms with van der Waals surface area (Å²) >= 11 is 3.37. The minimum Gasteiger partial charge on any atom is -0.342 e. The molecule has 1 N–H and O–H groups in total. The van der Waals surface area contributed by atoms with Crippen LogP contribution in [0.5, 0.6) is 0 Å². The molecule has 102 valence electrons. The number of nitrogens with zero attached hydrogens (tertiary/aromatic N) is 1. The molecular weight excluding hydrogens is 308 g/mol. The van der Waals surface area contributed by atoms with Gasteiger partial charge in [0.2, 0.25) is 11.8 Å². The molecule has 1 saturated heterocycles. The van der Waals surface area contributed by atoms with Crippen LogP contribution in [0.15, 0.2) is 22.7 Å². The number of likely N-dealkylation sites (tertiary alicyclic amines) is 1. The van der Waals surface area contributed by atoms with Gasteiger partial charge in [-0.3, -0.25) is 9.59 Å². The van der Waals surface area contributed by atoms with E-state index in [1.165, 1.54) is 0 Å². The largest absolute Gasteiger partial charge is 0.342 e. The maximum atomic E-state index is 11.8. The normalized spacial score (nSPS) is 14.5. The zero-order chi connectivity index (χ0) is 13.8. The fourth-order valence-corrected chi connectivity index (χ4v) is 2.65. The highest BCUT2D eigenvalue weighted by atomic mass is 79.9. The molecule has 0 atom stereocenters. The minimum atomic E-state index is -0.248. The number of hydrogen-bond acceptors (Lipinski definition) is 2. The van der Waals surface area contributed by atoms with E-state index in [0.717, 1.165) is 41.7 Å². The van der Waals surface area contributed by atoms with Crippen molar-refractivity contribution in [2.45, 2.75) is 26.2 Å². The molecule has 0 aromatic heterocycles. The van der Waals surface area contributed by atoms with Crippen LogP contribution in [0.2, 0.25) is 0 Å². The van der Waals surface area contributed by atoms with Crippen molar-refractivity contribution in [2.75, 3.05) is 18.4 Å². The van der Waals surface area contributed by atoms with Crippen molar-refractivity contribution < 1.29 is 9.59 Å². The molecule has 0 radical (unpaired) electrons. The molecule has 1 aliphatic rings. The number of halogens is 1. The lowest BCUT2D eigenvalue weighted by Gasteiger charge is -2.15. The van der Waals surface area contributed by atoms with E-state index in [-0.39, 0.29) is 18.2 Å². The Hall–Kier alpha value is -1.36. The summed E-state index contributed by atoms with van der Waals surface area (Å²) in [7, 11) is 0. The number of anilines is 1. The summed E-state index contributed by atoms with van der Waals surface area (Å²) in [6.45, 7) is 3.48. The Kier molecular flexibility index (Phi) is 4.58. The molecule has 19 heavy (non-hydrogen) atoms. The lowest BCUT2D eigenvalue weighted by atomic mass is 10.2. The Balaban J connectivity index is 1.91. The maximum absolute atomic E-state index is 11.8. The molecule has 0 spiro atoms. The van der Waals surface area contributed by atoms with Crippen molar-refractivity contribution in [1.29, 1.82) is 0 Å². The summed E-state index contributed by atoms with van der Waals surface area (Å²) < 4.78 is 0.969. The fourth-order valence-electron chi connectivity index (χ4n) is 2.18. The third-order valence-corrected chi connectivity index (χ3v) is 3.73. The van der Waals surface area contributed by atoms with Gasteiger partial charge in [0.25, 0.3) is 0 Å². The van der Waals surface area contributed by atoms with E-state index in [1.807, 2.05) is 25.1 Å². The predicted molar refractivity (Wildman–Crippen MR) is 77.9 cm³/mol. The monoisotopic (exact) mass is 324 g/mol. The highest BCUT2D eigenvalue weighted by molar-refractivity contribution is 9.10. The third-order valence-electron chi connectivity index (χ3n) is 3.23. The number of nitrogens with one attached hydrogen (secondary N) is 1. The molecule has 0 unspecified atom stereocenters. The van der Waals surface area contributed by atoms with Crippen LogP contribution in [0.25, 0.3) is 0 Å². The van der Waals surface area contributed by atoms with Crippen LogP contribution in [0.1, 0.15) is 24.8 Å². The van der Waals surface area contributed by atoms with E-state index in [0.29, 0.717) is 0 Å². The van der Waals surface area contributed by atoms with Gasteiger partial charge >= 0.3 is 0 Å². The van der Waals surface area contributed by atoms with Crippen LogP contribution in [0, 0.1) is 6.92 Å². The Morgan fingerprint density at radius 3 is 2.63 bits per heavy atom. The summed E-state index contributed by atoms with van der Waals surface area (Å²) in [4.78, 5) is 25.4. The highest BCUT2D eigenvalue weighted by Gasteiger charge is 2.20. The van der Waals surface area contributed by atoms with Crippen molar-refractivity contribution in [2.24, 2.45) is 0 Å². The molecule has 2 amide bonds. The Morgan fingerprint density at radius 1 is 1.32 bits per heavy atom. The average molecular weight is 325 g/mol. The third kappa shape index (κ3) is 3.80. The molecule has 4 nitrogen and oxygen atoms in total. The molecule has 2 rings (SSSR count). The fraction of sp³-hybridized carbons (Fsp3) is 0.429. The molecule has 1 aliphatic heterocycles. The van der Waals surface area contributed by atoms with Gasteiger partial charge in [-0.05, 0) is 43.5 Å². The van der Waals surface area contributed by atoms with Crippen LogP contribution < -0.4 is 5.32 Å². The second kappa shape index (κ2) is 6.19. The molecular formula is C14H17BrN2O2. The maximum Gasteiger partial charge on any atom is 0.233 e. The predicted octanol–water partition coefficient (Wildman–Crippen LogP) is 2.71. The second-order valence-electron chi connectivity index (χ2n) is 4.77. The van der Waals surface area contributed by atoms with Crippen LogP contribution in [0.3, 0.4) is 0 Å². The average Bonchev–Trinajstić information content (AvgIpc) is 2.86. The first-order valence-electron chi connectivity index (χ1n) is 6.40. The SMILES string of the molecule is Cc1cc(Br)ccc1NC(=O)CC(=O)N1CCCC1. The smallest absolute Gasteiger partial charge is 0.233 e. The van der Waals surface area contributed by atoms with Crippen molar-refractivity contribution in [3.8, 4) is 0 Å². The highest BCUT2D eigenvalue weighted by Crippen LogP contribution is 2.20. The Morgan fingerprint density at radius 2 is 2.00 bits per heavy atom. The first kappa shape index (κ1) is 14.1. The number of amides is 2. The number of benzene rings is 1. The first-order valence-corrected chi connectivity index (χ1v) is 7.19. The number of aryl methyl sites for hydroxylation is 1. The van der Waals surface area contributed by atoms with E-state index >= 15 is 0 Å². The van der Waals surface area contributed by atoms with Crippen molar-refractivity contribution in [1.82, 2.24) is 4.90 Å². The topological polar surface area (TPSA) is 49.4 Å². The Bertz CT molecular complexity index is 496. The quantitative estimate of drug-likeness (QED) is 0.869. The standard InChI is InChI=1S/C14H17BrN2O2/c1-10-8-11(15)4-5-12(10)16-13(18)9-14(19)17-6-2-3-7-17/h4-5,8H,2-3,6-7,9H2,1H3,(H,16,18). The number of hydrogen-bond donors (Lipinski definition) is 1. The Labute approximate surface area is 121 Å². The summed E-state index contributed by atoms with van der Waals surface area (Å²) in [6, 6.07) is 5.63. The summed E-state index contributed by atoms with van der Waals surface area (Å²) in [5.41, 5.74) is 1.72. The van der Waals surface area contributed by atoms with Gasteiger partial charge in [0.1, 0.15) is 6.42 Å². The lowest BCUT2D eigenvalue weighted by Crippen LogP contribution is -2.31. The van der Waals surface area contributed by atoms with Gasteiger partial charge in [0.05, 0.1) is 0 Å². The van der Waals surface area contributed by atoms with E-state index in [1.54, 1.807) is 4.90 Å². The van der Waals surface area contributed by atoms with Gasteiger partial charge in [0, 0.05) is 23.2 Å². The zero-order valence-electron chi connectivity index (χ0n) is 10.9. The van der Waals surface area contributed by atoms with E-state index < -0.39 is 0 Å². The number of carbonyl (C=O) groups excluding carboxylic acids is 2. The lowest BCUT2D eigenvalue weighted by molar-refractivity contribution is -0.133. The van der Waals surface area contributed by atoms with Gasteiger partial charge in [-0.25, -0.2) is 0 Å². The van der Waals surface area contributed by atoms with Crippen molar-refractivity contribution in [3.63, 3.8) is 0 Å². The molecule has 1 fully saturated rings. The van der Waals surface area contributed by atoms with Crippen LogP contribution in [-0.2, 0) is 9.59 Å². The molecule has 0 aliphatic carbocycles. The van der Waals surface area contributed by atoms with E-state index in [4.69, 9.17) is 0 Å². The van der Waals surface area contributed by atoms with Gasteiger partial charge < -0.3 is 10.2 Å². The molecule has 1 aromatic rings. The molecule has 0 saturated carbocycles. The van der Waals surface area contributed by atoms with Gasteiger partial charge in [-0.2, -0.15) is 0 Å². The van der Waals surface area contributed by atoms with Crippen LogP contribution in [0.4, 0.5) is 5.69 Å². The minimum absolute atomic E-state index is 0.0739. The van der Waals surface area contributed by atoms with Crippen LogP contribution >= 0.6 is 15.9 Å². The number of carbonyl (C=O) groups is 2. The van der Waals surface area contributed by atoms with Gasteiger partial charge in [-0.15, -0.1) is 0 Å². The van der Waals surface area contributed by atoms with Crippen molar-refractivity contribution in [3.05, 3.63) is 28.2 Å². The molecule has 5 heteroatoms. The number of rotatable bonds is 3. The van der Waals surface area contributed by atoms with Gasteiger partial charge in [-0.1, -0.05) is 15.9 Å². The van der Waals surface area contributed by atoms with E-state index in [2.05, 4.69) is 21.2 Å². The molecule has 0 bridgehead atoms. The van der Waals surface area contributed by atoms with Gasteiger partial charge in [0.15, 0.2) is 0 Å².